The molecule has 0 unspecified atom stereocenters. The zero-order chi connectivity index (χ0) is 17.4. The molecule has 3 atom stereocenters. The summed E-state index contributed by atoms with van der Waals surface area (Å²) >= 11 is 0. The fraction of sp³-hybridized carbons (Fsp3) is 0.650. The van der Waals surface area contributed by atoms with Gasteiger partial charge in [-0.15, -0.1) is 0 Å². The Morgan fingerprint density at radius 1 is 1.36 bits per heavy atom. The van der Waals surface area contributed by atoms with Gasteiger partial charge < -0.3 is 20.1 Å². The first-order chi connectivity index (χ1) is 12.1. The normalized spacial score (nSPS) is 29.8. The van der Waals surface area contributed by atoms with Crippen LogP contribution in [0.3, 0.4) is 0 Å². The second-order valence-corrected chi connectivity index (χ2v) is 8.07. The van der Waals surface area contributed by atoms with Crippen LogP contribution in [0.15, 0.2) is 18.2 Å². The fourth-order valence-electron chi connectivity index (χ4n) is 4.77. The first-order valence-electron chi connectivity index (χ1n) is 9.46. The predicted octanol–water partition coefficient (Wildman–Crippen LogP) is 2.74. The molecule has 1 saturated carbocycles. The van der Waals surface area contributed by atoms with Gasteiger partial charge in [0, 0.05) is 42.6 Å². The SMILES string of the molecule is CC1(C)[C@H](NCCOc2ccc3c(c2)CCC(=O)N3)[C@@H]2CCCO[C@H]21. The molecule has 136 valence electrons. The Balaban J connectivity index is 1.27. The lowest BCUT2D eigenvalue weighted by Gasteiger charge is -2.60. The molecular weight excluding hydrogens is 316 g/mol. The van der Waals surface area contributed by atoms with E-state index in [1.807, 2.05) is 18.2 Å². The summed E-state index contributed by atoms with van der Waals surface area (Å²) in [5, 5.41) is 6.59. The van der Waals surface area contributed by atoms with Crippen molar-refractivity contribution in [3.05, 3.63) is 23.8 Å². The Hall–Kier alpha value is -1.59. The predicted molar refractivity (Wildman–Crippen MR) is 96.9 cm³/mol. The Kier molecular flexibility index (Phi) is 4.46. The molecule has 3 aliphatic rings. The number of hydrogen-bond acceptors (Lipinski definition) is 4. The van der Waals surface area contributed by atoms with Gasteiger partial charge in [0.15, 0.2) is 0 Å². The van der Waals surface area contributed by atoms with Gasteiger partial charge in [-0.1, -0.05) is 13.8 Å². The summed E-state index contributed by atoms with van der Waals surface area (Å²) in [5.41, 5.74) is 2.28. The quantitative estimate of drug-likeness (QED) is 0.807. The van der Waals surface area contributed by atoms with E-state index in [0.717, 1.165) is 36.6 Å². The van der Waals surface area contributed by atoms with Gasteiger partial charge in [-0.2, -0.15) is 0 Å². The standard InChI is InChI=1S/C20H28N2O3/c1-20(2)18(15-4-3-10-25-19(15)20)21-9-11-24-14-6-7-16-13(12-14)5-8-17(23)22-16/h6-7,12,15,18-19,21H,3-5,8-11H2,1-2H3,(H,22,23)/t15-,18+,19+/m0/s1. The average molecular weight is 344 g/mol. The van der Waals surface area contributed by atoms with Crippen LogP contribution in [0.25, 0.3) is 0 Å². The van der Waals surface area contributed by atoms with Crippen LogP contribution in [0, 0.1) is 11.3 Å². The third-order valence-corrected chi connectivity index (χ3v) is 6.04. The lowest BCUT2D eigenvalue weighted by molar-refractivity contribution is -0.192. The lowest BCUT2D eigenvalue weighted by Crippen LogP contribution is -2.69. The lowest BCUT2D eigenvalue weighted by atomic mass is 9.55. The monoisotopic (exact) mass is 344 g/mol. The van der Waals surface area contributed by atoms with Crippen LogP contribution in [0.5, 0.6) is 5.75 Å². The maximum absolute atomic E-state index is 11.4. The third-order valence-electron chi connectivity index (χ3n) is 6.04. The maximum atomic E-state index is 11.4. The molecule has 5 heteroatoms. The van der Waals surface area contributed by atoms with E-state index in [-0.39, 0.29) is 11.3 Å². The van der Waals surface area contributed by atoms with Crippen LogP contribution in [0.2, 0.25) is 0 Å². The average Bonchev–Trinajstić information content (AvgIpc) is 2.61. The molecule has 2 aliphatic heterocycles. The summed E-state index contributed by atoms with van der Waals surface area (Å²) in [7, 11) is 0. The van der Waals surface area contributed by atoms with Crippen molar-refractivity contribution in [2.75, 3.05) is 25.1 Å². The molecule has 0 spiro atoms. The number of ether oxygens (including phenoxy) is 2. The van der Waals surface area contributed by atoms with E-state index < -0.39 is 0 Å². The first-order valence-corrected chi connectivity index (χ1v) is 9.46. The highest BCUT2D eigenvalue weighted by molar-refractivity contribution is 5.93. The number of benzene rings is 1. The van der Waals surface area contributed by atoms with Gasteiger partial charge in [0.05, 0.1) is 6.10 Å². The molecule has 5 nitrogen and oxygen atoms in total. The van der Waals surface area contributed by atoms with Gasteiger partial charge in [-0.3, -0.25) is 4.79 Å². The van der Waals surface area contributed by atoms with Crippen molar-refractivity contribution in [3.8, 4) is 5.75 Å². The maximum Gasteiger partial charge on any atom is 0.224 e. The fourth-order valence-corrected chi connectivity index (χ4v) is 4.77. The number of anilines is 1. The van der Waals surface area contributed by atoms with Crippen molar-refractivity contribution < 1.29 is 14.3 Å². The van der Waals surface area contributed by atoms with Crippen molar-refractivity contribution in [3.63, 3.8) is 0 Å². The molecule has 2 heterocycles. The molecule has 1 aliphatic carbocycles. The number of amides is 1. The van der Waals surface area contributed by atoms with Crippen molar-refractivity contribution in [2.45, 2.75) is 51.7 Å². The van der Waals surface area contributed by atoms with E-state index >= 15 is 0 Å². The first kappa shape index (κ1) is 16.9. The van der Waals surface area contributed by atoms with Crippen molar-refractivity contribution in [1.82, 2.24) is 5.32 Å². The van der Waals surface area contributed by atoms with E-state index in [1.165, 1.54) is 12.8 Å². The number of carbonyl (C=O) groups is 1. The van der Waals surface area contributed by atoms with E-state index in [4.69, 9.17) is 9.47 Å². The molecule has 1 aromatic rings. The second-order valence-electron chi connectivity index (χ2n) is 8.07. The summed E-state index contributed by atoms with van der Waals surface area (Å²) in [5.74, 6) is 1.62. The summed E-state index contributed by atoms with van der Waals surface area (Å²) in [6.45, 7) is 7.01. The van der Waals surface area contributed by atoms with Gasteiger partial charge in [0.25, 0.3) is 0 Å². The van der Waals surface area contributed by atoms with Crippen LogP contribution < -0.4 is 15.4 Å². The molecule has 0 aromatic heterocycles. The zero-order valence-corrected chi connectivity index (χ0v) is 15.1. The van der Waals surface area contributed by atoms with Gasteiger partial charge >= 0.3 is 0 Å². The van der Waals surface area contributed by atoms with Crippen LogP contribution >= 0.6 is 0 Å². The van der Waals surface area contributed by atoms with Gasteiger partial charge in [0.2, 0.25) is 5.91 Å². The third kappa shape index (κ3) is 3.15. The van der Waals surface area contributed by atoms with E-state index in [9.17, 15) is 4.79 Å². The number of rotatable bonds is 5. The Bertz CT molecular complexity index is 658. The van der Waals surface area contributed by atoms with Crippen molar-refractivity contribution >= 4 is 11.6 Å². The number of hydrogen-bond donors (Lipinski definition) is 2. The Morgan fingerprint density at radius 3 is 3.12 bits per heavy atom. The number of aryl methyl sites for hydroxylation is 1. The van der Waals surface area contributed by atoms with Crippen LogP contribution in [-0.4, -0.2) is 37.8 Å². The smallest absolute Gasteiger partial charge is 0.224 e. The molecule has 1 saturated heterocycles. The highest BCUT2D eigenvalue weighted by atomic mass is 16.5. The minimum absolute atomic E-state index is 0.0958. The number of carbonyl (C=O) groups excluding carboxylic acids is 1. The molecule has 2 N–H and O–H groups in total. The molecule has 25 heavy (non-hydrogen) atoms. The molecule has 0 radical (unpaired) electrons. The van der Waals surface area contributed by atoms with Crippen molar-refractivity contribution in [1.29, 1.82) is 0 Å². The number of nitrogens with one attached hydrogen (secondary N) is 2. The second kappa shape index (κ2) is 6.61. The van der Waals surface area contributed by atoms with Gasteiger partial charge in [-0.05, 0) is 43.0 Å². The topological polar surface area (TPSA) is 59.6 Å². The highest BCUT2D eigenvalue weighted by Gasteiger charge is 2.57. The van der Waals surface area contributed by atoms with Crippen LogP contribution in [0.1, 0.15) is 38.7 Å². The summed E-state index contributed by atoms with van der Waals surface area (Å²) in [4.78, 5) is 11.4. The molecular formula is C20H28N2O3. The molecule has 4 rings (SSSR count). The molecule has 2 fully saturated rings. The largest absolute Gasteiger partial charge is 0.492 e. The van der Waals surface area contributed by atoms with Crippen molar-refractivity contribution in [2.24, 2.45) is 11.3 Å². The summed E-state index contributed by atoms with van der Waals surface area (Å²) in [6, 6.07) is 6.43. The van der Waals surface area contributed by atoms with E-state index in [2.05, 4.69) is 24.5 Å². The van der Waals surface area contributed by atoms with Crippen LogP contribution in [0.4, 0.5) is 5.69 Å². The Labute approximate surface area is 149 Å². The molecule has 0 bridgehead atoms. The summed E-state index contributed by atoms with van der Waals surface area (Å²) in [6.07, 6.45) is 4.20. The van der Waals surface area contributed by atoms with Crippen LogP contribution in [-0.2, 0) is 16.0 Å². The minimum Gasteiger partial charge on any atom is -0.492 e. The summed E-state index contributed by atoms with van der Waals surface area (Å²) < 4.78 is 11.9. The Morgan fingerprint density at radius 2 is 2.24 bits per heavy atom. The number of fused-ring (bicyclic) bond motifs is 2. The molecule has 1 aromatic carbocycles. The minimum atomic E-state index is 0.0958. The molecule has 1 amide bonds. The highest BCUT2D eigenvalue weighted by Crippen LogP contribution is 2.51. The van der Waals surface area contributed by atoms with Gasteiger partial charge in [0.1, 0.15) is 12.4 Å². The van der Waals surface area contributed by atoms with E-state index in [0.29, 0.717) is 31.1 Å². The van der Waals surface area contributed by atoms with E-state index in [1.54, 1.807) is 0 Å². The zero-order valence-electron chi connectivity index (χ0n) is 15.1. The van der Waals surface area contributed by atoms with Gasteiger partial charge in [-0.25, -0.2) is 0 Å².